The molecule has 0 amide bonds. The average Bonchev–Trinajstić information content (AvgIpc) is 2.51. The summed E-state index contributed by atoms with van der Waals surface area (Å²) in [6.07, 6.45) is -9.80. The lowest BCUT2D eigenvalue weighted by Gasteiger charge is -2.22. The fourth-order valence-electron chi connectivity index (χ4n) is 2.20. The summed E-state index contributed by atoms with van der Waals surface area (Å²) in [5.41, 5.74) is -0.297. The number of Topliss-reactive ketones (excluding diaryl/α,β-unsaturated/α-hetero) is 1. The van der Waals surface area contributed by atoms with E-state index in [0.29, 0.717) is 0 Å². The van der Waals surface area contributed by atoms with Gasteiger partial charge in [0.15, 0.2) is 11.9 Å². The summed E-state index contributed by atoms with van der Waals surface area (Å²) >= 11 is 0. The summed E-state index contributed by atoms with van der Waals surface area (Å²) in [6.45, 7) is 1.36. The van der Waals surface area contributed by atoms with Gasteiger partial charge in [-0.1, -0.05) is 0 Å². The molecule has 0 saturated heterocycles. The lowest BCUT2D eigenvalue weighted by Crippen LogP contribution is -2.40. The Morgan fingerprint density at radius 2 is 1.89 bits per heavy atom. The third kappa shape index (κ3) is 2.12. The highest BCUT2D eigenvalue weighted by molar-refractivity contribution is 6.03. The molecule has 2 N–H and O–H groups in total. The van der Waals surface area contributed by atoms with E-state index in [1.807, 2.05) is 0 Å². The predicted octanol–water partition coefficient (Wildman–Crippen LogP) is 1.90. The molecule has 3 atom stereocenters. The summed E-state index contributed by atoms with van der Waals surface area (Å²) in [6, 6.07) is 1.91. The smallest absolute Gasteiger partial charge is 0.388 e. The van der Waals surface area contributed by atoms with Gasteiger partial charge in [-0.25, -0.2) is 4.39 Å². The molecule has 19 heavy (non-hydrogen) atoms. The van der Waals surface area contributed by atoms with E-state index in [1.165, 1.54) is 6.92 Å². The highest BCUT2D eigenvalue weighted by atomic mass is 19.4. The van der Waals surface area contributed by atoms with E-state index in [1.54, 1.807) is 0 Å². The first kappa shape index (κ1) is 14.0. The van der Waals surface area contributed by atoms with Gasteiger partial charge in [0.25, 0.3) is 0 Å². The lowest BCUT2D eigenvalue weighted by atomic mass is 9.95. The molecular weight excluding hydrogens is 268 g/mol. The SMILES string of the molecule is Cc1cc2c(cc1F)C(=O)C(C(O)C(F)(F)F)C2O. The zero-order valence-electron chi connectivity index (χ0n) is 9.70. The van der Waals surface area contributed by atoms with Gasteiger partial charge in [0.1, 0.15) is 5.82 Å². The standard InChI is InChI=1S/C12H10F4O3/c1-4-2-5-6(3-7(4)13)10(18)8(9(5)17)11(19)12(14,15)16/h2-3,8-9,11,17,19H,1H3. The van der Waals surface area contributed by atoms with E-state index in [0.717, 1.165) is 12.1 Å². The van der Waals surface area contributed by atoms with Crippen LogP contribution >= 0.6 is 0 Å². The molecule has 0 bridgehead atoms. The third-order valence-electron chi connectivity index (χ3n) is 3.23. The number of aliphatic hydroxyl groups excluding tert-OH is 2. The van der Waals surface area contributed by atoms with Gasteiger partial charge in [0.05, 0.1) is 12.0 Å². The Bertz CT molecular complexity index is 539. The van der Waals surface area contributed by atoms with Crippen LogP contribution in [-0.4, -0.2) is 28.3 Å². The quantitative estimate of drug-likeness (QED) is 0.771. The van der Waals surface area contributed by atoms with Crippen LogP contribution in [0.1, 0.15) is 27.6 Å². The number of aryl methyl sites for hydroxylation is 1. The Labute approximate surface area is 105 Å². The maximum absolute atomic E-state index is 13.3. The van der Waals surface area contributed by atoms with Crippen molar-refractivity contribution in [2.45, 2.75) is 25.3 Å². The summed E-state index contributed by atoms with van der Waals surface area (Å²) in [5, 5.41) is 18.9. The second-order valence-electron chi connectivity index (χ2n) is 4.51. The molecule has 1 aromatic carbocycles. The van der Waals surface area contributed by atoms with Crippen molar-refractivity contribution >= 4 is 5.78 Å². The largest absolute Gasteiger partial charge is 0.415 e. The zero-order valence-corrected chi connectivity index (χ0v) is 9.70. The van der Waals surface area contributed by atoms with E-state index in [2.05, 4.69) is 0 Å². The molecule has 1 aromatic rings. The molecule has 0 saturated carbocycles. The number of fused-ring (bicyclic) bond motifs is 1. The second-order valence-corrected chi connectivity index (χ2v) is 4.51. The predicted molar refractivity (Wildman–Crippen MR) is 56.0 cm³/mol. The highest BCUT2D eigenvalue weighted by Crippen LogP contribution is 2.42. The van der Waals surface area contributed by atoms with Crippen LogP contribution in [0.15, 0.2) is 12.1 Å². The number of benzene rings is 1. The number of carbonyl (C=O) groups is 1. The summed E-state index contributed by atoms with van der Waals surface area (Å²) in [4.78, 5) is 11.8. The van der Waals surface area contributed by atoms with Crippen molar-refractivity contribution in [2.75, 3.05) is 0 Å². The van der Waals surface area contributed by atoms with Crippen LogP contribution in [0, 0.1) is 18.7 Å². The summed E-state index contributed by atoms with van der Waals surface area (Å²) in [7, 11) is 0. The number of hydrogen-bond acceptors (Lipinski definition) is 3. The van der Waals surface area contributed by atoms with E-state index >= 15 is 0 Å². The van der Waals surface area contributed by atoms with Gasteiger partial charge in [-0.3, -0.25) is 4.79 Å². The van der Waals surface area contributed by atoms with Crippen LogP contribution < -0.4 is 0 Å². The average molecular weight is 278 g/mol. The Morgan fingerprint density at radius 3 is 2.42 bits per heavy atom. The number of alkyl halides is 3. The first-order chi connectivity index (χ1) is 8.64. The monoisotopic (exact) mass is 278 g/mol. The lowest BCUT2D eigenvalue weighted by molar-refractivity contribution is -0.221. The van der Waals surface area contributed by atoms with E-state index in [9.17, 15) is 27.5 Å². The van der Waals surface area contributed by atoms with Crippen LogP contribution in [-0.2, 0) is 0 Å². The van der Waals surface area contributed by atoms with Crippen molar-refractivity contribution in [2.24, 2.45) is 5.92 Å². The van der Waals surface area contributed by atoms with Crippen LogP contribution in [0.5, 0.6) is 0 Å². The van der Waals surface area contributed by atoms with E-state index < -0.39 is 35.9 Å². The van der Waals surface area contributed by atoms with Crippen molar-refractivity contribution in [3.8, 4) is 0 Å². The molecule has 0 aliphatic heterocycles. The van der Waals surface area contributed by atoms with Crippen LogP contribution in [0.4, 0.5) is 17.6 Å². The van der Waals surface area contributed by atoms with Gasteiger partial charge in [-0.2, -0.15) is 13.2 Å². The summed E-state index contributed by atoms with van der Waals surface area (Å²) in [5.74, 6) is -3.90. The number of ketones is 1. The Balaban J connectivity index is 2.47. The van der Waals surface area contributed by atoms with Gasteiger partial charge in [-0.15, -0.1) is 0 Å². The van der Waals surface area contributed by atoms with Gasteiger partial charge < -0.3 is 10.2 Å². The Hall–Kier alpha value is -1.47. The molecule has 0 radical (unpaired) electrons. The molecule has 7 heteroatoms. The molecule has 2 rings (SSSR count). The fraction of sp³-hybridized carbons (Fsp3) is 0.417. The number of aliphatic hydroxyl groups is 2. The molecule has 1 aliphatic carbocycles. The van der Waals surface area contributed by atoms with Gasteiger partial charge in [0, 0.05) is 5.56 Å². The van der Waals surface area contributed by atoms with Gasteiger partial charge >= 0.3 is 6.18 Å². The zero-order chi connectivity index (χ0) is 14.5. The van der Waals surface area contributed by atoms with Crippen molar-refractivity contribution in [1.29, 1.82) is 0 Å². The van der Waals surface area contributed by atoms with E-state index in [4.69, 9.17) is 5.11 Å². The molecule has 0 aromatic heterocycles. The first-order valence-electron chi connectivity index (χ1n) is 5.41. The van der Waals surface area contributed by atoms with Crippen LogP contribution in [0.3, 0.4) is 0 Å². The summed E-state index contributed by atoms with van der Waals surface area (Å²) < 4.78 is 50.6. The molecule has 104 valence electrons. The minimum atomic E-state index is -5.03. The first-order valence-corrected chi connectivity index (χ1v) is 5.41. The van der Waals surface area contributed by atoms with Crippen LogP contribution in [0.2, 0.25) is 0 Å². The Morgan fingerprint density at radius 1 is 1.32 bits per heavy atom. The fourth-order valence-corrected chi connectivity index (χ4v) is 2.20. The maximum atomic E-state index is 13.3. The maximum Gasteiger partial charge on any atom is 0.415 e. The number of hydrogen-bond donors (Lipinski definition) is 2. The second kappa shape index (κ2) is 4.28. The normalized spacial score (nSPS) is 24.5. The van der Waals surface area contributed by atoms with Crippen molar-refractivity contribution < 1.29 is 32.6 Å². The van der Waals surface area contributed by atoms with Crippen molar-refractivity contribution in [3.63, 3.8) is 0 Å². The third-order valence-corrected chi connectivity index (χ3v) is 3.23. The minimum Gasteiger partial charge on any atom is -0.388 e. The molecule has 3 unspecified atom stereocenters. The molecular formula is C12H10F4O3. The van der Waals surface area contributed by atoms with Crippen LogP contribution in [0.25, 0.3) is 0 Å². The number of carbonyl (C=O) groups excluding carboxylic acids is 1. The topological polar surface area (TPSA) is 57.5 Å². The van der Waals surface area contributed by atoms with Gasteiger partial charge in [0.2, 0.25) is 0 Å². The Kier molecular flexibility index (Phi) is 3.14. The molecule has 0 spiro atoms. The minimum absolute atomic E-state index is 0.0859. The van der Waals surface area contributed by atoms with Crippen molar-refractivity contribution in [3.05, 3.63) is 34.6 Å². The molecule has 0 heterocycles. The number of rotatable bonds is 1. The van der Waals surface area contributed by atoms with E-state index in [-0.39, 0.29) is 16.7 Å². The highest BCUT2D eigenvalue weighted by Gasteiger charge is 2.53. The molecule has 1 aliphatic rings. The molecule has 0 fully saturated rings. The number of halogens is 4. The molecule has 3 nitrogen and oxygen atoms in total. The van der Waals surface area contributed by atoms with Crippen molar-refractivity contribution in [1.82, 2.24) is 0 Å². The van der Waals surface area contributed by atoms with Gasteiger partial charge in [-0.05, 0) is 30.2 Å².